The van der Waals surface area contributed by atoms with Crippen LogP contribution in [0.1, 0.15) is 25.7 Å². The Kier molecular flexibility index (Phi) is 2.25. The lowest BCUT2D eigenvalue weighted by atomic mass is 10.2. The molecule has 1 aliphatic carbocycles. The molecule has 0 radical (unpaired) electrons. The molecule has 0 atom stereocenters. The van der Waals surface area contributed by atoms with Crippen molar-refractivity contribution in [3.8, 4) is 0 Å². The van der Waals surface area contributed by atoms with Crippen molar-refractivity contribution in [2.75, 3.05) is 11.9 Å². The van der Waals surface area contributed by atoms with Crippen molar-refractivity contribution >= 4 is 5.69 Å². The molecule has 1 aliphatic rings. The highest BCUT2D eigenvalue weighted by molar-refractivity contribution is 5.42. The summed E-state index contributed by atoms with van der Waals surface area (Å²) in [6, 6.07) is 0.740. The highest BCUT2D eigenvalue weighted by Crippen LogP contribution is 2.26. The van der Waals surface area contributed by atoms with Gasteiger partial charge in [0.25, 0.3) is 0 Å². The molecule has 1 aromatic heterocycles. The molecule has 3 nitrogen and oxygen atoms in total. The Morgan fingerprint density at radius 1 is 1.46 bits per heavy atom. The number of nitrogens with zero attached hydrogens (tertiary/aromatic N) is 3. The van der Waals surface area contributed by atoms with E-state index in [0.717, 1.165) is 6.04 Å². The van der Waals surface area contributed by atoms with E-state index < -0.39 is 0 Å². The molecule has 3 heteroatoms. The van der Waals surface area contributed by atoms with Crippen LogP contribution >= 0.6 is 0 Å². The van der Waals surface area contributed by atoms with E-state index in [0.29, 0.717) is 0 Å². The fourth-order valence-corrected chi connectivity index (χ4v) is 2.09. The molecule has 0 aliphatic heterocycles. The van der Waals surface area contributed by atoms with Crippen molar-refractivity contribution in [2.24, 2.45) is 7.05 Å². The molecule has 1 fully saturated rings. The molecule has 2 rings (SSSR count). The Labute approximate surface area is 79.3 Å². The minimum atomic E-state index is 0.740. The fraction of sp³-hybridized carbons (Fsp3) is 0.700. The third-order valence-electron chi connectivity index (χ3n) is 2.97. The number of rotatable bonds is 2. The largest absolute Gasteiger partial charge is 0.369 e. The van der Waals surface area contributed by atoms with E-state index in [4.69, 9.17) is 0 Å². The summed E-state index contributed by atoms with van der Waals surface area (Å²) in [7, 11) is 4.14. The predicted molar refractivity (Wildman–Crippen MR) is 53.9 cm³/mol. The molecule has 0 saturated heterocycles. The topological polar surface area (TPSA) is 21.1 Å². The minimum absolute atomic E-state index is 0.740. The van der Waals surface area contributed by atoms with Crippen LogP contribution in [0.5, 0.6) is 0 Å². The van der Waals surface area contributed by atoms with E-state index in [1.165, 1.54) is 31.4 Å². The van der Waals surface area contributed by atoms with Gasteiger partial charge in [-0.05, 0) is 12.8 Å². The van der Waals surface area contributed by atoms with Gasteiger partial charge in [-0.25, -0.2) is 0 Å². The van der Waals surface area contributed by atoms with Gasteiger partial charge in [-0.3, -0.25) is 4.68 Å². The first-order chi connectivity index (χ1) is 6.27. The smallest absolute Gasteiger partial charge is 0.0752 e. The van der Waals surface area contributed by atoms with E-state index in [1.807, 2.05) is 17.9 Å². The van der Waals surface area contributed by atoms with Gasteiger partial charge in [-0.15, -0.1) is 0 Å². The number of aryl methyl sites for hydroxylation is 1. The van der Waals surface area contributed by atoms with Crippen LogP contribution < -0.4 is 4.90 Å². The molecule has 1 saturated carbocycles. The highest BCUT2D eigenvalue weighted by atomic mass is 15.3. The van der Waals surface area contributed by atoms with Gasteiger partial charge in [-0.1, -0.05) is 12.8 Å². The van der Waals surface area contributed by atoms with Crippen LogP contribution in [0.2, 0.25) is 0 Å². The molecule has 0 spiro atoms. The zero-order chi connectivity index (χ0) is 9.26. The first-order valence-electron chi connectivity index (χ1n) is 4.99. The number of hydrogen-bond donors (Lipinski definition) is 0. The van der Waals surface area contributed by atoms with Crippen LogP contribution in [0.25, 0.3) is 0 Å². The van der Waals surface area contributed by atoms with E-state index in [9.17, 15) is 0 Å². The summed E-state index contributed by atoms with van der Waals surface area (Å²) in [5.74, 6) is 0. The van der Waals surface area contributed by atoms with Gasteiger partial charge in [-0.2, -0.15) is 5.10 Å². The standard InChI is InChI=1S/C10H17N3/c1-12-8-10(7-11-12)13(2)9-5-3-4-6-9/h7-9H,3-6H2,1-2H3. The van der Waals surface area contributed by atoms with Gasteiger partial charge in [0.15, 0.2) is 0 Å². The third-order valence-corrected chi connectivity index (χ3v) is 2.97. The molecule has 1 aromatic rings. The van der Waals surface area contributed by atoms with Crippen molar-refractivity contribution < 1.29 is 0 Å². The van der Waals surface area contributed by atoms with Crippen molar-refractivity contribution in [3.05, 3.63) is 12.4 Å². The number of aromatic nitrogens is 2. The van der Waals surface area contributed by atoms with Crippen molar-refractivity contribution in [3.63, 3.8) is 0 Å². The Morgan fingerprint density at radius 3 is 2.69 bits per heavy atom. The second kappa shape index (κ2) is 3.40. The molecule has 0 aromatic carbocycles. The first-order valence-corrected chi connectivity index (χ1v) is 4.99. The Bertz CT molecular complexity index is 273. The second-order valence-electron chi connectivity index (χ2n) is 3.92. The maximum atomic E-state index is 4.18. The average Bonchev–Trinajstić information content (AvgIpc) is 2.72. The summed E-state index contributed by atoms with van der Waals surface area (Å²) in [5.41, 5.74) is 1.24. The molecule has 1 heterocycles. The van der Waals surface area contributed by atoms with Crippen LogP contribution in [-0.2, 0) is 7.05 Å². The number of anilines is 1. The van der Waals surface area contributed by atoms with Crippen molar-refractivity contribution in [2.45, 2.75) is 31.7 Å². The Balaban J connectivity index is 2.07. The van der Waals surface area contributed by atoms with Gasteiger partial charge in [0.2, 0.25) is 0 Å². The first kappa shape index (κ1) is 8.60. The van der Waals surface area contributed by atoms with E-state index in [-0.39, 0.29) is 0 Å². The van der Waals surface area contributed by atoms with Crippen LogP contribution in [0.15, 0.2) is 12.4 Å². The zero-order valence-electron chi connectivity index (χ0n) is 8.40. The van der Waals surface area contributed by atoms with E-state index in [2.05, 4.69) is 23.2 Å². The average molecular weight is 179 g/mol. The lowest BCUT2D eigenvalue weighted by Crippen LogP contribution is -2.28. The molecule has 72 valence electrons. The summed E-state index contributed by atoms with van der Waals surface area (Å²) in [6.45, 7) is 0. The lowest BCUT2D eigenvalue weighted by Gasteiger charge is -2.24. The second-order valence-corrected chi connectivity index (χ2v) is 3.92. The van der Waals surface area contributed by atoms with E-state index in [1.54, 1.807) is 0 Å². The van der Waals surface area contributed by atoms with Crippen LogP contribution in [-0.4, -0.2) is 22.9 Å². The zero-order valence-corrected chi connectivity index (χ0v) is 8.40. The molecule has 0 unspecified atom stereocenters. The van der Waals surface area contributed by atoms with Gasteiger partial charge < -0.3 is 4.90 Å². The summed E-state index contributed by atoms with van der Waals surface area (Å²) in [4.78, 5) is 2.36. The van der Waals surface area contributed by atoms with Gasteiger partial charge in [0.1, 0.15) is 0 Å². The van der Waals surface area contributed by atoms with E-state index >= 15 is 0 Å². The number of hydrogen-bond acceptors (Lipinski definition) is 2. The molecule has 13 heavy (non-hydrogen) atoms. The van der Waals surface area contributed by atoms with Crippen LogP contribution in [0.4, 0.5) is 5.69 Å². The molecular formula is C10H17N3. The quantitative estimate of drug-likeness (QED) is 0.690. The highest BCUT2D eigenvalue weighted by Gasteiger charge is 2.20. The summed E-state index contributed by atoms with van der Waals surface area (Å²) < 4.78 is 1.86. The van der Waals surface area contributed by atoms with Gasteiger partial charge >= 0.3 is 0 Å². The summed E-state index contributed by atoms with van der Waals surface area (Å²) in [5, 5.41) is 4.18. The monoisotopic (exact) mass is 179 g/mol. The Hall–Kier alpha value is -0.990. The van der Waals surface area contributed by atoms with Crippen molar-refractivity contribution in [1.29, 1.82) is 0 Å². The maximum absolute atomic E-state index is 4.18. The van der Waals surface area contributed by atoms with Gasteiger partial charge in [0, 0.05) is 26.3 Å². The summed E-state index contributed by atoms with van der Waals surface area (Å²) in [6.07, 6.45) is 9.47. The molecular weight excluding hydrogens is 162 g/mol. The minimum Gasteiger partial charge on any atom is -0.369 e. The molecule has 0 N–H and O–H groups in total. The maximum Gasteiger partial charge on any atom is 0.0752 e. The SMILES string of the molecule is CN(c1cnn(C)c1)C1CCCC1. The fourth-order valence-electron chi connectivity index (χ4n) is 2.09. The predicted octanol–water partition coefficient (Wildman–Crippen LogP) is 1.80. The molecule has 0 amide bonds. The Morgan fingerprint density at radius 2 is 2.15 bits per heavy atom. The van der Waals surface area contributed by atoms with Crippen molar-refractivity contribution in [1.82, 2.24) is 9.78 Å². The third kappa shape index (κ3) is 1.69. The van der Waals surface area contributed by atoms with Crippen LogP contribution in [0, 0.1) is 0 Å². The lowest BCUT2D eigenvalue weighted by molar-refractivity contribution is 0.653. The van der Waals surface area contributed by atoms with Crippen LogP contribution in [0.3, 0.4) is 0 Å². The summed E-state index contributed by atoms with van der Waals surface area (Å²) >= 11 is 0. The van der Waals surface area contributed by atoms with Gasteiger partial charge in [0.05, 0.1) is 11.9 Å². The normalized spacial score (nSPS) is 18.0. The molecule has 0 bridgehead atoms.